The fourth-order valence-corrected chi connectivity index (χ4v) is 2.77. The molecular weight excluding hydrogens is 270 g/mol. The zero-order valence-corrected chi connectivity index (χ0v) is 13.1. The van der Waals surface area contributed by atoms with E-state index in [1.165, 1.54) is 16.7 Å². The Morgan fingerprint density at radius 2 is 1.80 bits per heavy atom. The van der Waals surface area contributed by atoms with Crippen molar-refractivity contribution in [3.05, 3.63) is 63.7 Å². The molecule has 0 aliphatic heterocycles. The van der Waals surface area contributed by atoms with Gasteiger partial charge in [-0.1, -0.05) is 29.8 Å². The van der Waals surface area contributed by atoms with Crippen LogP contribution in [0.15, 0.2) is 36.4 Å². The normalized spacial score (nSPS) is 12.2. The SMILES string of the molecule is CNC(c1ccc(OC)c(C)c1)c1ccc(Cl)cc1C. The minimum absolute atomic E-state index is 0.150. The van der Waals surface area contributed by atoms with Gasteiger partial charge in [0.15, 0.2) is 0 Å². The Bertz CT molecular complexity index is 610. The zero-order valence-electron chi connectivity index (χ0n) is 12.3. The average molecular weight is 290 g/mol. The Labute approximate surface area is 125 Å². The summed E-state index contributed by atoms with van der Waals surface area (Å²) in [5.41, 5.74) is 4.78. The van der Waals surface area contributed by atoms with Gasteiger partial charge in [-0.05, 0) is 61.3 Å². The smallest absolute Gasteiger partial charge is 0.121 e. The van der Waals surface area contributed by atoms with Crippen LogP contribution < -0.4 is 10.1 Å². The highest BCUT2D eigenvalue weighted by molar-refractivity contribution is 6.30. The molecule has 0 fully saturated rings. The molecular formula is C17H20ClNO. The van der Waals surface area contributed by atoms with Crippen LogP contribution in [0, 0.1) is 13.8 Å². The molecule has 2 rings (SSSR count). The Kier molecular flexibility index (Phi) is 4.69. The van der Waals surface area contributed by atoms with E-state index in [1.807, 2.05) is 25.2 Å². The maximum absolute atomic E-state index is 6.04. The molecule has 2 aromatic rings. The van der Waals surface area contributed by atoms with E-state index in [0.29, 0.717) is 0 Å². The van der Waals surface area contributed by atoms with Gasteiger partial charge in [-0.25, -0.2) is 0 Å². The summed E-state index contributed by atoms with van der Waals surface area (Å²) >= 11 is 6.04. The minimum Gasteiger partial charge on any atom is -0.496 e. The summed E-state index contributed by atoms with van der Waals surface area (Å²) in [6.07, 6.45) is 0. The summed E-state index contributed by atoms with van der Waals surface area (Å²) in [6, 6.07) is 12.4. The first-order chi connectivity index (χ1) is 9.56. The maximum atomic E-state index is 6.04. The topological polar surface area (TPSA) is 21.3 Å². The highest BCUT2D eigenvalue weighted by atomic mass is 35.5. The number of benzene rings is 2. The van der Waals surface area contributed by atoms with Crippen molar-refractivity contribution in [2.45, 2.75) is 19.9 Å². The lowest BCUT2D eigenvalue weighted by Gasteiger charge is -2.20. The van der Waals surface area contributed by atoms with Crippen LogP contribution in [0.4, 0.5) is 0 Å². The van der Waals surface area contributed by atoms with Crippen molar-refractivity contribution >= 4 is 11.6 Å². The third-order valence-corrected chi connectivity index (χ3v) is 3.82. The molecule has 0 bridgehead atoms. The van der Waals surface area contributed by atoms with Crippen molar-refractivity contribution in [2.75, 3.05) is 14.2 Å². The van der Waals surface area contributed by atoms with Crippen molar-refractivity contribution < 1.29 is 4.74 Å². The van der Waals surface area contributed by atoms with E-state index in [9.17, 15) is 0 Å². The van der Waals surface area contributed by atoms with Crippen LogP contribution in [-0.4, -0.2) is 14.2 Å². The number of methoxy groups -OCH3 is 1. The lowest BCUT2D eigenvalue weighted by Crippen LogP contribution is -2.18. The van der Waals surface area contributed by atoms with Crippen LogP contribution in [0.2, 0.25) is 5.02 Å². The predicted molar refractivity (Wildman–Crippen MR) is 84.8 cm³/mol. The van der Waals surface area contributed by atoms with Crippen molar-refractivity contribution in [2.24, 2.45) is 0 Å². The summed E-state index contributed by atoms with van der Waals surface area (Å²) in [6.45, 7) is 4.14. The summed E-state index contributed by atoms with van der Waals surface area (Å²) in [5.74, 6) is 0.913. The minimum atomic E-state index is 0.150. The first-order valence-electron chi connectivity index (χ1n) is 6.64. The molecule has 0 heterocycles. The first kappa shape index (κ1) is 14.9. The predicted octanol–water partition coefficient (Wildman–Crippen LogP) is 4.27. The zero-order chi connectivity index (χ0) is 14.7. The molecule has 0 aliphatic rings. The molecule has 0 saturated heterocycles. The standard InChI is InChI=1S/C17H20ClNO/c1-11-10-14(18)6-7-15(11)17(19-3)13-5-8-16(20-4)12(2)9-13/h5-10,17,19H,1-4H3. The lowest BCUT2D eigenvalue weighted by atomic mass is 9.94. The number of hydrogen-bond donors (Lipinski definition) is 1. The second-order valence-corrected chi connectivity index (χ2v) is 5.39. The van der Waals surface area contributed by atoms with Crippen LogP contribution in [0.1, 0.15) is 28.3 Å². The number of rotatable bonds is 4. The van der Waals surface area contributed by atoms with E-state index in [4.69, 9.17) is 16.3 Å². The van der Waals surface area contributed by atoms with Gasteiger partial charge in [0.1, 0.15) is 5.75 Å². The molecule has 1 N–H and O–H groups in total. The van der Waals surface area contributed by atoms with Crippen LogP contribution >= 0.6 is 11.6 Å². The molecule has 0 aromatic heterocycles. The van der Waals surface area contributed by atoms with Crippen molar-refractivity contribution in [1.29, 1.82) is 0 Å². The van der Waals surface area contributed by atoms with Crippen molar-refractivity contribution in [1.82, 2.24) is 5.32 Å². The van der Waals surface area contributed by atoms with Gasteiger partial charge in [0, 0.05) is 5.02 Å². The van der Waals surface area contributed by atoms with E-state index in [2.05, 4.69) is 37.4 Å². The van der Waals surface area contributed by atoms with E-state index in [0.717, 1.165) is 16.3 Å². The number of hydrogen-bond acceptors (Lipinski definition) is 2. The summed E-state index contributed by atoms with van der Waals surface area (Å²) in [7, 11) is 3.67. The third-order valence-electron chi connectivity index (χ3n) is 3.58. The summed E-state index contributed by atoms with van der Waals surface area (Å²) in [5, 5.41) is 4.15. The van der Waals surface area contributed by atoms with Crippen LogP contribution in [0.25, 0.3) is 0 Å². The summed E-state index contributed by atoms with van der Waals surface area (Å²) < 4.78 is 5.32. The number of aryl methyl sites for hydroxylation is 2. The molecule has 0 radical (unpaired) electrons. The van der Waals surface area contributed by atoms with Gasteiger partial charge in [-0.15, -0.1) is 0 Å². The van der Waals surface area contributed by atoms with E-state index in [-0.39, 0.29) is 6.04 Å². The quantitative estimate of drug-likeness (QED) is 0.907. The fourth-order valence-electron chi connectivity index (χ4n) is 2.55. The molecule has 1 atom stereocenters. The van der Waals surface area contributed by atoms with E-state index >= 15 is 0 Å². The molecule has 0 saturated carbocycles. The number of nitrogens with one attached hydrogen (secondary N) is 1. The molecule has 3 heteroatoms. The second-order valence-electron chi connectivity index (χ2n) is 4.95. The van der Waals surface area contributed by atoms with Crippen LogP contribution in [-0.2, 0) is 0 Å². The monoisotopic (exact) mass is 289 g/mol. The largest absolute Gasteiger partial charge is 0.496 e. The average Bonchev–Trinajstić information content (AvgIpc) is 2.42. The molecule has 106 valence electrons. The molecule has 0 amide bonds. The molecule has 20 heavy (non-hydrogen) atoms. The number of ether oxygens (including phenoxy) is 1. The van der Waals surface area contributed by atoms with Gasteiger partial charge in [0.05, 0.1) is 13.2 Å². The van der Waals surface area contributed by atoms with Crippen LogP contribution in [0.3, 0.4) is 0 Å². The maximum Gasteiger partial charge on any atom is 0.121 e. The van der Waals surface area contributed by atoms with Gasteiger partial charge in [-0.2, -0.15) is 0 Å². The van der Waals surface area contributed by atoms with Gasteiger partial charge in [-0.3, -0.25) is 0 Å². The first-order valence-corrected chi connectivity index (χ1v) is 7.02. The van der Waals surface area contributed by atoms with Crippen molar-refractivity contribution in [3.63, 3.8) is 0 Å². The summed E-state index contributed by atoms with van der Waals surface area (Å²) in [4.78, 5) is 0. The van der Waals surface area contributed by atoms with E-state index < -0.39 is 0 Å². The van der Waals surface area contributed by atoms with Crippen molar-refractivity contribution in [3.8, 4) is 5.75 Å². The molecule has 0 aliphatic carbocycles. The Balaban J connectivity index is 2.44. The lowest BCUT2D eigenvalue weighted by molar-refractivity contribution is 0.411. The van der Waals surface area contributed by atoms with Gasteiger partial charge in [0.2, 0.25) is 0 Å². The molecule has 1 unspecified atom stereocenters. The third kappa shape index (κ3) is 2.97. The highest BCUT2D eigenvalue weighted by Gasteiger charge is 2.15. The Morgan fingerprint density at radius 1 is 1.05 bits per heavy atom. The van der Waals surface area contributed by atoms with Crippen LogP contribution in [0.5, 0.6) is 5.75 Å². The van der Waals surface area contributed by atoms with E-state index in [1.54, 1.807) is 7.11 Å². The second kappa shape index (κ2) is 6.29. The Morgan fingerprint density at radius 3 is 2.35 bits per heavy atom. The number of halogens is 1. The molecule has 2 nitrogen and oxygen atoms in total. The Hall–Kier alpha value is -1.51. The molecule has 0 spiro atoms. The highest BCUT2D eigenvalue weighted by Crippen LogP contribution is 2.29. The van der Waals surface area contributed by atoms with Gasteiger partial charge < -0.3 is 10.1 Å². The van der Waals surface area contributed by atoms with Gasteiger partial charge in [0.25, 0.3) is 0 Å². The molecule has 2 aromatic carbocycles. The van der Waals surface area contributed by atoms with Gasteiger partial charge >= 0.3 is 0 Å². The fraction of sp³-hybridized carbons (Fsp3) is 0.294.